The third-order valence-electron chi connectivity index (χ3n) is 1.85. The molecule has 0 aliphatic carbocycles. The molecule has 1 amide bonds. The van der Waals surface area contributed by atoms with Crippen molar-refractivity contribution in [3.63, 3.8) is 0 Å². The van der Waals surface area contributed by atoms with Crippen LogP contribution in [0.15, 0.2) is 0 Å². The summed E-state index contributed by atoms with van der Waals surface area (Å²) < 4.78 is 12.0. The Morgan fingerprint density at radius 3 is 3.00 bits per heavy atom. The first-order valence-corrected chi connectivity index (χ1v) is 5.14. The molecule has 2 unspecified atom stereocenters. The van der Waals surface area contributed by atoms with Crippen LogP contribution in [0.1, 0.15) is 13.3 Å². The lowest BCUT2D eigenvalue weighted by Gasteiger charge is -2.12. The minimum absolute atomic E-state index is 0.0491. The molecule has 2 atom stereocenters. The second-order valence-corrected chi connectivity index (χ2v) is 4.23. The van der Waals surface area contributed by atoms with Gasteiger partial charge in [-0.05, 0) is 6.92 Å². The third-order valence-corrected chi connectivity index (χ3v) is 2.91. The molecule has 0 saturated carbocycles. The standard InChI is InChI=1S/C8H12FNO2S/c1-5(3-9)10-8(12)6-2-7(11)13-4-6/h5-6H,2-4H2,1H3,(H,10,12). The van der Waals surface area contributed by atoms with E-state index in [0.29, 0.717) is 5.75 Å². The van der Waals surface area contributed by atoms with Crippen LogP contribution in [-0.2, 0) is 9.59 Å². The van der Waals surface area contributed by atoms with Crippen LogP contribution in [0.2, 0.25) is 0 Å². The van der Waals surface area contributed by atoms with Gasteiger partial charge in [-0.3, -0.25) is 9.59 Å². The minimum atomic E-state index is -0.570. The van der Waals surface area contributed by atoms with Gasteiger partial charge in [-0.1, -0.05) is 11.8 Å². The van der Waals surface area contributed by atoms with E-state index < -0.39 is 12.7 Å². The Hall–Kier alpha value is -0.580. The molecule has 0 aromatic heterocycles. The molecule has 1 aliphatic rings. The zero-order valence-electron chi connectivity index (χ0n) is 7.38. The SMILES string of the molecule is CC(CF)NC(=O)C1CSC(=O)C1. The van der Waals surface area contributed by atoms with Gasteiger partial charge in [-0.15, -0.1) is 0 Å². The van der Waals surface area contributed by atoms with E-state index in [4.69, 9.17) is 0 Å². The maximum absolute atomic E-state index is 12.0. The van der Waals surface area contributed by atoms with E-state index in [0.717, 1.165) is 0 Å². The van der Waals surface area contributed by atoms with Gasteiger partial charge in [-0.25, -0.2) is 4.39 Å². The van der Waals surface area contributed by atoms with Crippen molar-refractivity contribution in [1.29, 1.82) is 0 Å². The lowest BCUT2D eigenvalue weighted by atomic mass is 10.1. The van der Waals surface area contributed by atoms with E-state index in [2.05, 4.69) is 5.32 Å². The van der Waals surface area contributed by atoms with Crippen LogP contribution in [0, 0.1) is 5.92 Å². The van der Waals surface area contributed by atoms with Crippen molar-refractivity contribution in [2.45, 2.75) is 19.4 Å². The van der Waals surface area contributed by atoms with Gasteiger partial charge in [0.05, 0.1) is 12.0 Å². The first-order chi connectivity index (χ1) is 6.13. The van der Waals surface area contributed by atoms with Crippen molar-refractivity contribution in [2.75, 3.05) is 12.4 Å². The average Bonchev–Trinajstić information content (AvgIpc) is 2.51. The highest BCUT2D eigenvalue weighted by atomic mass is 32.2. The molecule has 13 heavy (non-hydrogen) atoms. The summed E-state index contributed by atoms with van der Waals surface area (Å²) in [6.07, 6.45) is 0.287. The highest BCUT2D eigenvalue weighted by Crippen LogP contribution is 2.25. The summed E-state index contributed by atoms with van der Waals surface area (Å²) in [4.78, 5) is 22.1. The van der Waals surface area contributed by atoms with Gasteiger partial charge < -0.3 is 5.32 Å². The molecule has 5 heteroatoms. The average molecular weight is 205 g/mol. The first-order valence-electron chi connectivity index (χ1n) is 4.15. The Kier molecular flexibility index (Phi) is 3.71. The van der Waals surface area contributed by atoms with Gasteiger partial charge in [-0.2, -0.15) is 0 Å². The molecule has 1 N–H and O–H groups in total. The highest BCUT2D eigenvalue weighted by Gasteiger charge is 2.29. The second-order valence-electron chi connectivity index (χ2n) is 3.15. The molecule has 1 fully saturated rings. The van der Waals surface area contributed by atoms with Crippen LogP contribution in [0.4, 0.5) is 4.39 Å². The molecule has 0 aromatic rings. The number of carbonyl (C=O) groups excluding carboxylic acids is 2. The van der Waals surface area contributed by atoms with Crippen LogP contribution < -0.4 is 5.32 Å². The van der Waals surface area contributed by atoms with Crippen molar-refractivity contribution in [3.05, 3.63) is 0 Å². The third kappa shape index (κ3) is 2.99. The fourth-order valence-corrected chi connectivity index (χ4v) is 2.06. The molecule has 1 heterocycles. The van der Waals surface area contributed by atoms with Crippen molar-refractivity contribution >= 4 is 22.8 Å². The Bertz CT molecular complexity index is 222. The molecule has 3 nitrogen and oxygen atoms in total. The summed E-state index contributed by atoms with van der Waals surface area (Å²) in [7, 11) is 0. The van der Waals surface area contributed by atoms with Crippen molar-refractivity contribution in [3.8, 4) is 0 Å². The Morgan fingerprint density at radius 1 is 1.85 bits per heavy atom. The smallest absolute Gasteiger partial charge is 0.224 e. The molecular formula is C8H12FNO2S. The number of rotatable bonds is 3. The number of carbonyl (C=O) groups is 2. The number of amides is 1. The van der Waals surface area contributed by atoms with Gasteiger partial charge in [0.25, 0.3) is 0 Å². The predicted octanol–water partition coefficient (Wildman–Crippen LogP) is 0.740. The van der Waals surface area contributed by atoms with Crippen LogP contribution in [0.25, 0.3) is 0 Å². The molecule has 0 radical (unpaired) electrons. The molecular weight excluding hydrogens is 193 g/mol. The summed E-state index contributed by atoms with van der Waals surface area (Å²) in [5, 5.41) is 2.56. The van der Waals surface area contributed by atoms with Crippen LogP contribution in [0.3, 0.4) is 0 Å². The number of hydrogen-bond donors (Lipinski definition) is 1. The van der Waals surface area contributed by atoms with E-state index in [1.165, 1.54) is 11.8 Å². The van der Waals surface area contributed by atoms with Gasteiger partial charge >= 0.3 is 0 Å². The molecule has 1 aliphatic heterocycles. The van der Waals surface area contributed by atoms with Crippen molar-refractivity contribution in [2.24, 2.45) is 5.92 Å². The fourth-order valence-electron chi connectivity index (χ4n) is 1.08. The number of halogens is 1. The minimum Gasteiger partial charge on any atom is -0.351 e. The number of hydrogen-bond acceptors (Lipinski definition) is 3. The maximum Gasteiger partial charge on any atom is 0.224 e. The van der Waals surface area contributed by atoms with Crippen LogP contribution >= 0.6 is 11.8 Å². The van der Waals surface area contributed by atoms with Crippen LogP contribution in [0.5, 0.6) is 0 Å². The molecule has 0 aromatic carbocycles. The maximum atomic E-state index is 12.0. The first kappa shape index (κ1) is 10.5. The largest absolute Gasteiger partial charge is 0.351 e. The van der Waals surface area contributed by atoms with Gasteiger partial charge in [0.15, 0.2) is 5.12 Å². The number of alkyl halides is 1. The number of nitrogens with one attached hydrogen (secondary N) is 1. The van der Waals surface area contributed by atoms with E-state index in [1.807, 2.05) is 0 Å². The van der Waals surface area contributed by atoms with E-state index >= 15 is 0 Å². The molecule has 1 saturated heterocycles. The lowest BCUT2D eigenvalue weighted by molar-refractivity contribution is -0.126. The monoisotopic (exact) mass is 205 g/mol. The fraction of sp³-hybridized carbons (Fsp3) is 0.750. The number of thioether (sulfide) groups is 1. The quantitative estimate of drug-likeness (QED) is 0.739. The predicted molar refractivity (Wildman–Crippen MR) is 49.2 cm³/mol. The zero-order valence-corrected chi connectivity index (χ0v) is 8.20. The van der Waals surface area contributed by atoms with Gasteiger partial charge in [0.2, 0.25) is 5.91 Å². The van der Waals surface area contributed by atoms with Gasteiger partial charge in [0, 0.05) is 12.2 Å². The van der Waals surface area contributed by atoms with E-state index in [1.54, 1.807) is 6.92 Å². The Labute approximate surface area is 80.4 Å². The molecule has 0 spiro atoms. The topological polar surface area (TPSA) is 46.2 Å². The highest BCUT2D eigenvalue weighted by molar-refractivity contribution is 8.14. The summed E-state index contributed by atoms with van der Waals surface area (Å²) in [6.45, 7) is 1.03. The van der Waals surface area contributed by atoms with Crippen molar-refractivity contribution in [1.82, 2.24) is 5.32 Å². The summed E-state index contributed by atoms with van der Waals surface area (Å²) in [6, 6.07) is -0.451. The van der Waals surface area contributed by atoms with E-state index in [9.17, 15) is 14.0 Å². The summed E-state index contributed by atoms with van der Waals surface area (Å²) >= 11 is 1.17. The van der Waals surface area contributed by atoms with E-state index in [-0.39, 0.29) is 23.4 Å². The normalized spacial score (nSPS) is 24.5. The Balaban J connectivity index is 2.35. The van der Waals surface area contributed by atoms with Crippen LogP contribution in [-0.4, -0.2) is 29.5 Å². The molecule has 0 bridgehead atoms. The Morgan fingerprint density at radius 2 is 2.54 bits per heavy atom. The zero-order chi connectivity index (χ0) is 9.84. The summed E-state index contributed by atoms with van der Waals surface area (Å²) in [5.74, 6) is 0.0685. The molecule has 74 valence electrons. The lowest BCUT2D eigenvalue weighted by Crippen LogP contribution is -2.38. The molecule has 1 rings (SSSR count). The summed E-state index contributed by atoms with van der Waals surface area (Å²) in [5.41, 5.74) is 0. The van der Waals surface area contributed by atoms with Crippen molar-refractivity contribution < 1.29 is 14.0 Å². The second kappa shape index (κ2) is 4.60. The van der Waals surface area contributed by atoms with Gasteiger partial charge in [0.1, 0.15) is 6.67 Å².